The number of hydrogen-bond donors (Lipinski definition) is 0. The van der Waals surface area contributed by atoms with Gasteiger partial charge in [-0.1, -0.05) is 47.5 Å². The van der Waals surface area contributed by atoms with Crippen LogP contribution >= 0.6 is 11.6 Å². The molecule has 5 heteroatoms. The minimum Gasteiger partial charge on any atom is -0.368 e. The molecular formula is C25H32ClN3O. The summed E-state index contributed by atoms with van der Waals surface area (Å²) in [4.78, 5) is 20.1. The number of benzene rings is 2. The third-order valence-corrected chi connectivity index (χ3v) is 6.68. The van der Waals surface area contributed by atoms with Crippen molar-refractivity contribution in [1.82, 2.24) is 9.80 Å². The molecule has 2 aliphatic rings. The van der Waals surface area contributed by atoms with Crippen LogP contribution in [0.1, 0.15) is 29.5 Å². The van der Waals surface area contributed by atoms with Crippen molar-refractivity contribution in [2.75, 3.05) is 44.2 Å². The number of rotatable bonds is 4. The van der Waals surface area contributed by atoms with Gasteiger partial charge in [0.05, 0.1) is 5.92 Å². The molecular weight excluding hydrogens is 394 g/mol. The van der Waals surface area contributed by atoms with Crippen molar-refractivity contribution in [3.05, 3.63) is 64.2 Å². The molecule has 2 aliphatic heterocycles. The van der Waals surface area contributed by atoms with Gasteiger partial charge in [0.15, 0.2) is 0 Å². The molecule has 4 rings (SSSR count). The Kier molecular flexibility index (Phi) is 6.64. The lowest BCUT2D eigenvalue weighted by molar-refractivity contribution is -0.137. The fourth-order valence-corrected chi connectivity index (χ4v) is 4.98. The van der Waals surface area contributed by atoms with Gasteiger partial charge < -0.3 is 9.80 Å². The molecule has 4 nitrogen and oxygen atoms in total. The quantitative estimate of drug-likeness (QED) is 0.720. The molecule has 1 amide bonds. The van der Waals surface area contributed by atoms with Crippen molar-refractivity contribution in [2.24, 2.45) is 5.92 Å². The highest BCUT2D eigenvalue weighted by molar-refractivity contribution is 6.30. The zero-order chi connectivity index (χ0) is 21.1. The lowest BCUT2D eigenvalue weighted by Crippen LogP contribution is -2.52. The maximum Gasteiger partial charge on any atom is 0.227 e. The second-order valence-electron chi connectivity index (χ2n) is 8.81. The molecule has 0 radical (unpaired) electrons. The summed E-state index contributed by atoms with van der Waals surface area (Å²) in [5, 5.41) is 0.769. The van der Waals surface area contributed by atoms with Crippen LogP contribution in [-0.4, -0.2) is 55.0 Å². The Bertz CT molecular complexity index is 892. The molecule has 0 aliphatic carbocycles. The summed E-state index contributed by atoms with van der Waals surface area (Å²) in [5.41, 5.74) is 5.06. The van der Waals surface area contributed by atoms with Crippen molar-refractivity contribution in [3.8, 4) is 0 Å². The van der Waals surface area contributed by atoms with E-state index in [9.17, 15) is 4.79 Å². The number of carbonyl (C=O) groups excluding carboxylic acids is 1. The standard InChI is InChI=1S/C25H32ClN3O/c1-19-5-3-6-21(15-19)17-27-10-4-7-22(18-27)25(30)29-13-11-28(12-14-29)24-16-23(26)9-8-20(24)2/h3,5-6,8-9,15-16,22H,4,7,10-14,17-18H2,1-2H3. The number of amides is 1. The molecule has 0 spiro atoms. The minimum absolute atomic E-state index is 0.128. The number of nitrogens with zero attached hydrogens (tertiary/aromatic N) is 3. The molecule has 30 heavy (non-hydrogen) atoms. The van der Waals surface area contributed by atoms with E-state index in [1.54, 1.807) is 0 Å². The second kappa shape index (κ2) is 9.40. The lowest BCUT2D eigenvalue weighted by atomic mass is 9.95. The molecule has 1 atom stereocenters. The zero-order valence-corrected chi connectivity index (χ0v) is 18.9. The highest BCUT2D eigenvalue weighted by Crippen LogP contribution is 2.26. The molecule has 2 fully saturated rings. The topological polar surface area (TPSA) is 26.8 Å². The van der Waals surface area contributed by atoms with Gasteiger partial charge in [-0.05, 0) is 56.5 Å². The van der Waals surface area contributed by atoms with Crippen molar-refractivity contribution < 1.29 is 4.79 Å². The monoisotopic (exact) mass is 425 g/mol. The predicted octanol–water partition coefficient (Wildman–Crippen LogP) is 4.52. The van der Waals surface area contributed by atoms with E-state index in [2.05, 4.69) is 58.9 Å². The summed E-state index contributed by atoms with van der Waals surface area (Å²) in [7, 11) is 0. The number of likely N-dealkylation sites (tertiary alicyclic amines) is 1. The van der Waals surface area contributed by atoms with Gasteiger partial charge in [0.25, 0.3) is 0 Å². The van der Waals surface area contributed by atoms with E-state index in [0.29, 0.717) is 5.91 Å². The summed E-state index contributed by atoms with van der Waals surface area (Å²) in [6.45, 7) is 10.5. The van der Waals surface area contributed by atoms with Crippen LogP contribution in [0.2, 0.25) is 5.02 Å². The van der Waals surface area contributed by atoms with Gasteiger partial charge in [0.2, 0.25) is 5.91 Å². The zero-order valence-electron chi connectivity index (χ0n) is 18.1. The fraction of sp³-hybridized carbons (Fsp3) is 0.480. The maximum absolute atomic E-state index is 13.2. The minimum atomic E-state index is 0.128. The Morgan fingerprint density at radius 3 is 2.60 bits per heavy atom. The number of halogens is 1. The summed E-state index contributed by atoms with van der Waals surface area (Å²) in [6.07, 6.45) is 2.11. The van der Waals surface area contributed by atoms with Gasteiger partial charge in [0.1, 0.15) is 0 Å². The van der Waals surface area contributed by atoms with Crippen molar-refractivity contribution in [2.45, 2.75) is 33.2 Å². The van der Waals surface area contributed by atoms with E-state index in [-0.39, 0.29) is 5.92 Å². The van der Waals surface area contributed by atoms with E-state index in [1.165, 1.54) is 22.4 Å². The van der Waals surface area contributed by atoms with Crippen molar-refractivity contribution in [1.29, 1.82) is 0 Å². The van der Waals surface area contributed by atoms with Crippen LogP contribution in [0, 0.1) is 19.8 Å². The Labute approximate surface area is 185 Å². The van der Waals surface area contributed by atoms with Crippen LogP contribution in [0.5, 0.6) is 0 Å². The molecule has 0 aromatic heterocycles. The Morgan fingerprint density at radius 1 is 1.03 bits per heavy atom. The molecule has 2 aromatic carbocycles. The number of piperidine rings is 1. The molecule has 160 valence electrons. The second-order valence-corrected chi connectivity index (χ2v) is 9.24. The SMILES string of the molecule is Cc1cccc(CN2CCCC(C(=O)N3CCN(c4cc(Cl)ccc4C)CC3)C2)c1. The molecule has 0 bridgehead atoms. The molecule has 2 saturated heterocycles. The third kappa shape index (κ3) is 4.98. The molecule has 0 N–H and O–H groups in total. The smallest absolute Gasteiger partial charge is 0.227 e. The van der Waals surface area contributed by atoms with Crippen LogP contribution in [-0.2, 0) is 11.3 Å². The van der Waals surface area contributed by atoms with Gasteiger partial charge in [-0.2, -0.15) is 0 Å². The van der Waals surface area contributed by atoms with Crippen LogP contribution in [0.3, 0.4) is 0 Å². The van der Waals surface area contributed by atoms with Gasteiger partial charge in [0, 0.05) is 50.0 Å². The first-order valence-electron chi connectivity index (χ1n) is 11.1. The average molecular weight is 426 g/mol. The van der Waals surface area contributed by atoms with E-state index in [0.717, 1.165) is 63.7 Å². The van der Waals surface area contributed by atoms with Crippen LogP contribution in [0.4, 0.5) is 5.69 Å². The lowest BCUT2D eigenvalue weighted by Gasteiger charge is -2.40. The first kappa shape index (κ1) is 21.2. The largest absolute Gasteiger partial charge is 0.368 e. The normalized spacial score (nSPS) is 20.4. The average Bonchev–Trinajstić information content (AvgIpc) is 2.75. The van der Waals surface area contributed by atoms with Crippen molar-refractivity contribution >= 4 is 23.2 Å². The summed E-state index contributed by atoms with van der Waals surface area (Å²) < 4.78 is 0. The molecule has 1 unspecified atom stereocenters. The fourth-order valence-electron chi connectivity index (χ4n) is 4.82. The Balaban J connectivity index is 1.33. The van der Waals surface area contributed by atoms with Crippen LogP contribution < -0.4 is 4.90 Å². The van der Waals surface area contributed by atoms with E-state index in [1.807, 2.05) is 12.1 Å². The van der Waals surface area contributed by atoms with Gasteiger partial charge in [-0.25, -0.2) is 0 Å². The first-order valence-corrected chi connectivity index (χ1v) is 11.5. The Hall–Kier alpha value is -2.04. The predicted molar refractivity (Wildman–Crippen MR) is 124 cm³/mol. The van der Waals surface area contributed by atoms with E-state index in [4.69, 9.17) is 11.6 Å². The summed E-state index contributed by atoms with van der Waals surface area (Å²) >= 11 is 6.20. The number of carbonyl (C=O) groups is 1. The van der Waals surface area contributed by atoms with Gasteiger partial charge in [-0.15, -0.1) is 0 Å². The van der Waals surface area contributed by atoms with Gasteiger partial charge in [-0.3, -0.25) is 9.69 Å². The van der Waals surface area contributed by atoms with Gasteiger partial charge >= 0.3 is 0 Å². The molecule has 0 saturated carbocycles. The highest BCUT2D eigenvalue weighted by Gasteiger charge is 2.31. The number of piperazine rings is 1. The molecule has 2 heterocycles. The summed E-state index contributed by atoms with van der Waals surface area (Å²) in [6, 6.07) is 14.7. The first-order chi connectivity index (χ1) is 14.5. The third-order valence-electron chi connectivity index (χ3n) is 6.45. The van der Waals surface area contributed by atoms with Crippen LogP contribution in [0.25, 0.3) is 0 Å². The summed E-state index contributed by atoms with van der Waals surface area (Å²) in [5.74, 6) is 0.467. The van der Waals surface area contributed by atoms with Crippen molar-refractivity contribution in [3.63, 3.8) is 0 Å². The highest BCUT2D eigenvalue weighted by atomic mass is 35.5. The Morgan fingerprint density at radius 2 is 1.83 bits per heavy atom. The molecule has 2 aromatic rings. The van der Waals surface area contributed by atoms with E-state index >= 15 is 0 Å². The number of hydrogen-bond acceptors (Lipinski definition) is 3. The number of anilines is 1. The number of aryl methyl sites for hydroxylation is 2. The van der Waals surface area contributed by atoms with Crippen LogP contribution in [0.15, 0.2) is 42.5 Å². The van der Waals surface area contributed by atoms with E-state index < -0.39 is 0 Å². The maximum atomic E-state index is 13.2.